The zero-order valence-electron chi connectivity index (χ0n) is 14.6. The Balaban J connectivity index is 1.45. The summed E-state index contributed by atoms with van der Waals surface area (Å²) in [5.74, 6) is -0.124. The van der Waals surface area contributed by atoms with E-state index in [2.05, 4.69) is 15.2 Å². The minimum atomic E-state index is -0.185. The maximum Gasteiger partial charge on any atom is 0.326 e. The van der Waals surface area contributed by atoms with E-state index in [0.717, 1.165) is 44.3 Å². The van der Waals surface area contributed by atoms with Crippen LogP contribution in [-0.4, -0.2) is 57.7 Å². The second kappa shape index (κ2) is 7.84. The van der Waals surface area contributed by atoms with Crippen molar-refractivity contribution in [2.45, 2.75) is 31.7 Å². The number of fused-ring (bicyclic) bond motifs is 1. The summed E-state index contributed by atoms with van der Waals surface area (Å²) in [6.45, 7) is 2.89. The molecule has 1 amide bonds. The molecule has 7 heteroatoms. The Morgan fingerprint density at radius 3 is 3.04 bits per heavy atom. The maximum atomic E-state index is 12.2. The number of carbonyl (C=O) groups excluding carboxylic acids is 1. The van der Waals surface area contributed by atoms with Crippen molar-refractivity contribution < 1.29 is 9.90 Å². The smallest absolute Gasteiger partial charge is 0.326 e. The van der Waals surface area contributed by atoms with Crippen LogP contribution in [0.2, 0.25) is 0 Å². The van der Waals surface area contributed by atoms with Gasteiger partial charge in [-0.15, -0.1) is 0 Å². The molecular formula is C18H26N4O3. The molecule has 1 aromatic carbocycles. The van der Waals surface area contributed by atoms with E-state index in [1.165, 1.54) is 4.57 Å². The van der Waals surface area contributed by atoms with E-state index in [9.17, 15) is 14.7 Å². The highest BCUT2D eigenvalue weighted by molar-refractivity contribution is 5.97. The number of aromatic amines is 1. The van der Waals surface area contributed by atoms with Crippen LogP contribution in [0.3, 0.4) is 0 Å². The van der Waals surface area contributed by atoms with E-state index in [0.29, 0.717) is 23.7 Å². The van der Waals surface area contributed by atoms with E-state index in [1.54, 1.807) is 25.2 Å². The van der Waals surface area contributed by atoms with Crippen molar-refractivity contribution in [1.29, 1.82) is 0 Å². The molecule has 0 spiro atoms. The van der Waals surface area contributed by atoms with Crippen molar-refractivity contribution in [3.05, 3.63) is 34.2 Å². The Morgan fingerprint density at radius 1 is 1.40 bits per heavy atom. The molecule has 7 nitrogen and oxygen atoms in total. The standard InChI is InChI=1S/C18H26N4O3/c1-21-16-7-6-13(11-15(16)20-18(21)25)17(24)19-8-2-3-9-22-10-4-5-14(22)12-23/h6-7,11,14,23H,2-5,8-10,12H2,1H3,(H,19,24)(H,20,25). The van der Waals surface area contributed by atoms with Gasteiger partial charge in [0.2, 0.25) is 0 Å². The lowest BCUT2D eigenvalue weighted by atomic mass is 10.2. The van der Waals surface area contributed by atoms with E-state index in [4.69, 9.17) is 0 Å². The maximum absolute atomic E-state index is 12.2. The average molecular weight is 346 g/mol. The molecule has 0 bridgehead atoms. The number of aliphatic hydroxyl groups excluding tert-OH is 1. The number of H-pyrrole nitrogens is 1. The molecule has 0 aliphatic carbocycles. The molecule has 2 heterocycles. The number of amides is 1. The largest absolute Gasteiger partial charge is 0.395 e. The lowest BCUT2D eigenvalue weighted by Gasteiger charge is -2.22. The van der Waals surface area contributed by atoms with Crippen LogP contribution in [0.5, 0.6) is 0 Å². The number of aliphatic hydroxyl groups is 1. The van der Waals surface area contributed by atoms with Crippen LogP contribution in [0.25, 0.3) is 11.0 Å². The van der Waals surface area contributed by atoms with E-state index >= 15 is 0 Å². The third kappa shape index (κ3) is 3.93. The lowest BCUT2D eigenvalue weighted by molar-refractivity contribution is 0.0952. The molecule has 1 fully saturated rings. The fraction of sp³-hybridized carbons (Fsp3) is 0.556. The van der Waals surface area contributed by atoms with Crippen molar-refractivity contribution in [3.63, 3.8) is 0 Å². The topological polar surface area (TPSA) is 90.4 Å². The summed E-state index contributed by atoms with van der Waals surface area (Å²) in [5.41, 5.74) is 1.82. The zero-order valence-corrected chi connectivity index (χ0v) is 14.6. The first-order chi connectivity index (χ1) is 12.1. The molecule has 0 saturated carbocycles. The highest BCUT2D eigenvalue weighted by atomic mass is 16.3. The number of hydrogen-bond donors (Lipinski definition) is 3. The summed E-state index contributed by atoms with van der Waals surface area (Å²) in [6, 6.07) is 5.54. The van der Waals surface area contributed by atoms with Gasteiger partial charge in [-0.05, 0) is 57.0 Å². The summed E-state index contributed by atoms with van der Waals surface area (Å²) in [7, 11) is 1.70. The zero-order chi connectivity index (χ0) is 17.8. The summed E-state index contributed by atoms with van der Waals surface area (Å²) < 4.78 is 1.52. The Labute approximate surface area is 146 Å². The average Bonchev–Trinajstić information content (AvgIpc) is 3.18. The molecule has 1 saturated heterocycles. The van der Waals surface area contributed by atoms with Crippen molar-refractivity contribution in [2.24, 2.45) is 7.05 Å². The summed E-state index contributed by atoms with van der Waals surface area (Å²) >= 11 is 0. The van der Waals surface area contributed by atoms with Crippen LogP contribution >= 0.6 is 0 Å². The highest BCUT2D eigenvalue weighted by Crippen LogP contribution is 2.17. The van der Waals surface area contributed by atoms with E-state index < -0.39 is 0 Å². The predicted molar refractivity (Wildman–Crippen MR) is 96.8 cm³/mol. The number of likely N-dealkylation sites (tertiary alicyclic amines) is 1. The van der Waals surface area contributed by atoms with Gasteiger partial charge in [-0.25, -0.2) is 4.79 Å². The van der Waals surface area contributed by atoms with Gasteiger partial charge < -0.3 is 15.4 Å². The number of nitrogens with zero attached hydrogens (tertiary/aromatic N) is 2. The molecule has 0 radical (unpaired) electrons. The number of carbonyl (C=O) groups is 1. The first kappa shape index (κ1) is 17.7. The van der Waals surface area contributed by atoms with Gasteiger partial charge in [0.05, 0.1) is 17.6 Å². The van der Waals surface area contributed by atoms with Gasteiger partial charge >= 0.3 is 5.69 Å². The number of benzene rings is 1. The van der Waals surface area contributed by atoms with Gasteiger partial charge in [-0.2, -0.15) is 0 Å². The van der Waals surface area contributed by atoms with Crippen LogP contribution in [0, 0.1) is 0 Å². The second-order valence-electron chi connectivity index (χ2n) is 6.70. The number of hydrogen-bond acceptors (Lipinski definition) is 4. The highest BCUT2D eigenvalue weighted by Gasteiger charge is 2.22. The molecule has 25 heavy (non-hydrogen) atoms. The van der Waals surface area contributed by atoms with Crippen LogP contribution in [-0.2, 0) is 7.05 Å². The molecule has 1 aliphatic heterocycles. The Kier molecular flexibility index (Phi) is 5.55. The SMILES string of the molecule is Cn1c(=O)[nH]c2cc(C(=O)NCCCCN3CCCC3CO)ccc21. The molecule has 3 N–H and O–H groups in total. The van der Waals surface area contributed by atoms with Gasteiger partial charge in [0.15, 0.2) is 0 Å². The molecule has 3 rings (SSSR count). The number of rotatable bonds is 7. The van der Waals surface area contributed by atoms with Gasteiger partial charge in [0, 0.05) is 25.2 Å². The summed E-state index contributed by atoms with van der Waals surface area (Å²) in [5, 5.41) is 12.2. The number of imidazole rings is 1. The van der Waals surface area contributed by atoms with Crippen molar-refractivity contribution >= 4 is 16.9 Å². The number of aryl methyl sites for hydroxylation is 1. The molecule has 1 aliphatic rings. The van der Waals surface area contributed by atoms with Crippen LogP contribution in [0.15, 0.2) is 23.0 Å². The second-order valence-corrected chi connectivity index (χ2v) is 6.70. The van der Waals surface area contributed by atoms with Gasteiger partial charge in [0.1, 0.15) is 0 Å². The minimum absolute atomic E-state index is 0.124. The van der Waals surface area contributed by atoms with Crippen molar-refractivity contribution in [2.75, 3.05) is 26.2 Å². The molecule has 1 atom stereocenters. The van der Waals surface area contributed by atoms with E-state index in [-0.39, 0.29) is 18.2 Å². The quantitative estimate of drug-likeness (QED) is 0.648. The normalized spacial score (nSPS) is 18.1. The first-order valence-electron chi connectivity index (χ1n) is 8.92. The third-order valence-corrected chi connectivity index (χ3v) is 5.03. The monoisotopic (exact) mass is 346 g/mol. The fourth-order valence-electron chi connectivity index (χ4n) is 3.52. The van der Waals surface area contributed by atoms with Crippen LogP contribution < -0.4 is 11.0 Å². The Morgan fingerprint density at radius 2 is 2.24 bits per heavy atom. The summed E-state index contributed by atoms with van der Waals surface area (Å²) in [6.07, 6.45) is 4.15. The van der Waals surface area contributed by atoms with Crippen molar-refractivity contribution in [1.82, 2.24) is 19.8 Å². The molecule has 1 unspecified atom stereocenters. The van der Waals surface area contributed by atoms with Gasteiger partial charge in [-0.3, -0.25) is 14.3 Å². The molecular weight excluding hydrogens is 320 g/mol. The third-order valence-electron chi connectivity index (χ3n) is 5.03. The minimum Gasteiger partial charge on any atom is -0.395 e. The molecule has 2 aromatic rings. The molecule has 1 aromatic heterocycles. The summed E-state index contributed by atoms with van der Waals surface area (Å²) in [4.78, 5) is 28.9. The lowest BCUT2D eigenvalue weighted by Crippen LogP contribution is -2.33. The Bertz CT molecular complexity index is 795. The van der Waals surface area contributed by atoms with Gasteiger partial charge in [0.25, 0.3) is 5.91 Å². The Hall–Kier alpha value is -2.12. The van der Waals surface area contributed by atoms with Crippen LogP contribution in [0.1, 0.15) is 36.0 Å². The first-order valence-corrected chi connectivity index (χ1v) is 8.92. The number of nitrogens with one attached hydrogen (secondary N) is 2. The van der Waals surface area contributed by atoms with E-state index in [1.807, 2.05) is 0 Å². The molecule has 136 valence electrons. The predicted octanol–water partition coefficient (Wildman–Crippen LogP) is 0.833. The van der Waals surface area contributed by atoms with Crippen LogP contribution in [0.4, 0.5) is 0 Å². The number of unbranched alkanes of at least 4 members (excludes halogenated alkanes) is 1. The van der Waals surface area contributed by atoms with Crippen molar-refractivity contribution in [3.8, 4) is 0 Å². The van der Waals surface area contributed by atoms with Gasteiger partial charge in [-0.1, -0.05) is 0 Å². The number of aromatic nitrogens is 2. The fourth-order valence-corrected chi connectivity index (χ4v) is 3.52.